The molecule has 0 amide bonds. The first-order chi connectivity index (χ1) is 9.36. The van der Waals surface area contributed by atoms with E-state index in [1.165, 1.54) is 7.11 Å². The standard InChI is InChI=1S/C11H15N3O5S/c1-6-12-9-5-20(17,18)4-7(9)10(13-6)14-8(3-15)11(16)19-2/h8,15H,3-5H2,1-2H3,(H,12,13,14). The highest BCUT2D eigenvalue weighted by atomic mass is 32.2. The largest absolute Gasteiger partial charge is 0.467 e. The molecule has 0 aliphatic carbocycles. The summed E-state index contributed by atoms with van der Waals surface area (Å²) in [6, 6.07) is -0.998. The predicted molar refractivity (Wildman–Crippen MR) is 69.6 cm³/mol. The first-order valence-electron chi connectivity index (χ1n) is 5.88. The zero-order chi connectivity index (χ0) is 14.9. The third-order valence-electron chi connectivity index (χ3n) is 2.90. The Hall–Kier alpha value is -1.74. The van der Waals surface area contributed by atoms with Crippen molar-refractivity contribution in [2.45, 2.75) is 24.5 Å². The zero-order valence-electron chi connectivity index (χ0n) is 11.1. The highest BCUT2D eigenvalue weighted by Crippen LogP contribution is 2.29. The molecule has 2 rings (SSSR count). The van der Waals surface area contributed by atoms with Gasteiger partial charge in [-0.2, -0.15) is 0 Å². The molecule has 1 aliphatic rings. The lowest BCUT2D eigenvalue weighted by Gasteiger charge is -2.16. The number of aromatic nitrogens is 2. The van der Waals surface area contributed by atoms with E-state index in [0.29, 0.717) is 17.1 Å². The molecule has 0 aromatic carbocycles. The number of sulfone groups is 1. The lowest BCUT2D eigenvalue weighted by Crippen LogP contribution is -2.35. The third-order valence-corrected chi connectivity index (χ3v) is 4.35. The van der Waals surface area contributed by atoms with Crippen LogP contribution in [0.15, 0.2) is 0 Å². The van der Waals surface area contributed by atoms with Crippen LogP contribution in [0, 0.1) is 6.92 Å². The number of methoxy groups -OCH3 is 1. The lowest BCUT2D eigenvalue weighted by molar-refractivity contribution is -0.142. The van der Waals surface area contributed by atoms with E-state index < -0.39 is 28.5 Å². The lowest BCUT2D eigenvalue weighted by atomic mass is 10.2. The van der Waals surface area contributed by atoms with Crippen molar-refractivity contribution in [3.8, 4) is 0 Å². The summed E-state index contributed by atoms with van der Waals surface area (Å²) >= 11 is 0. The molecule has 9 heteroatoms. The summed E-state index contributed by atoms with van der Waals surface area (Å²) in [4.78, 5) is 19.7. The fourth-order valence-corrected chi connectivity index (χ4v) is 3.51. The van der Waals surface area contributed by atoms with E-state index in [9.17, 15) is 18.3 Å². The van der Waals surface area contributed by atoms with Gasteiger partial charge in [-0.15, -0.1) is 0 Å². The van der Waals surface area contributed by atoms with Gasteiger partial charge in [0.05, 0.1) is 30.9 Å². The molecule has 1 atom stereocenters. The van der Waals surface area contributed by atoms with Crippen LogP contribution in [0.1, 0.15) is 17.1 Å². The summed E-state index contributed by atoms with van der Waals surface area (Å²) in [5.74, 6) is -0.326. The van der Waals surface area contributed by atoms with Crippen LogP contribution in [-0.2, 0) is 30.9 Å². The molecule has 2 heterocycles. The van der Waals surface area contributed by atoms with E-state index in [0.717, 1.165) is 0 Å². The van der Waals surface area contributed by atoms with Gasteiger partial charge >= 0.3 is 5.97 Å². The number of carbonyl (C=O) groups is 1. The van der Waals surface area contributed by atoms with Crippen molar-refractivity contribution in [3.63, 3.8) is 0 Å². The van der Waals surface area contributed by atoms with Gasteiger partial charge < -0.3 is 15.2 Å². The van der Waals surface area contributed by atoms with Gasteiger partial charge in [0, 0.05) is 5.56 Å². The van der Waals surface area contributed by atoms with Crippen molar-refractivity contribution < 1.29 is 23.1 Å². The first-order valence-corrected chi connectivity index (χ1v) is 7.70. The topological polar surface area (TPSA) is 118 Å². The molecule has 1 aromatic rings. The normalized spacial score (nSPS) is 17.4. The predicted octanol–water partition coefficient (Wildman–Crippen LogP) is -0.841. The molecule has 0 spiro atoms. The highest BCUT2D eigenvalue weighted by Gasteiger charge is 2.31. The van der Waals surface area contributed by atoms with Gasteiger partial charge in [0.2, 0.25) is 0 Å². The van der Waals surface area contributed by atoms with E-state index in [2.05, 4.69) is 20.0 Å². The number of aliphatic hydroxyl groups excluding tert-OH is 1. The minimum atomic E-state index is -3.23. The van der Waals surface area contributed by atoms with Gasteiger partial charge in [-0.25, -0.2) is 23.2 Å². The molecular weight excluding hydrogens is 286 g/mol. The van der Waals surface area contributed by atoms with Crippen molar-refractivity contribution >= 4 is 21.6 Å². The molecule has 1 unspecified atom stereocenters. The summed E-state index contributed by atoms with van der Waals surface area (Å²) in [5, 5.41) is 11.9. The Morgan fingerprint density at radius 2 is 2.15 bits per heavy atom. The molecule has 110 valence electrons. The van der Waals surface area contributed by atoms with E-state index >= 15 is 0 Å². The smallest absolute Gasteiger partial charge is 0.330 e. The number of hydrogen-bond acceptors (Lipinski definition) is 8. The fraction of sp³-hybridized carbons (Fsp3) is 0.545. The Balaban J connectivity index is 2.37. The van der Waals surface area contributed by atoms with Gasteiger partial charge in [-0.1, -0.05) is 0 Å². The van der Waals surface area contributed by atoms with Crippen LogP contribution in [0.3, 0.4) is 0 Å². The number of rotatable bonds is 4. The third kappa shape index (κ3) is 2.88. The number of anilines is 1. The van der Waals surface area contributed by atoms with E-state index in [4.69, 9.17) is 0 Å². The maximum absolute atomic E-state index is 11.7. The van der Waals surface area contributed by atoms with Gasteiger partial charge in [-0.3, -0.25) is 0 Å². The van der Waals surface area contributed by atoms with Crippen LogP contribution >= 0.6 is 0 Å². The van der Waals surface area contributed by atoms with Crippen molar-refractivity contribution in [1.29, 1.82) is 0 Å². The number of esters is 1. The van der Waals surface area contributed by atoms with Crippen molar-refractivity contribution in [1.82, 2.24) is 9.97 Å². The molecule has 0 radical (unpaired) electrons. The minimum Gasteiger partial charge on any atom is -0.467 e. The van der Waals surface area contributed by atoms with E-state index in [1.54, 1.807) is 6.92 Å². The molecule has 20 heavy (non-hydrogen) atoms. The van der Waals surface area contributed by atoms with E-state index in [-0.39, 0.29) is 17.3 Å². The molecule has 1 aliphatic heterocycles. The molecule has 2 N–H and O–H groups in total. The summed E-state index contributed by atoms with van der Waals surface area (Å²) in [5.41, 5.74) is 0.875. The fourth-order valence-electron chi connectivity index (χ4n) is 2.01. The summed E-state index contributed by atoms with van der Waals surface area (Å²) in [6.07, 6.45) is 0. The second-order valence-corrected chi connectivity index (χ2v) is 6.54. The van der Waals surface area contributed by atoms with E-state index in [1.807, 2.05) is 0 Å². The maximum Gasteiger partial charge on any atom is 0.330 e. The Kier molecular flexibility index (Phi) is 3.91. The van der Waals surface area contributed by atoms with Crippen LogP contribution in [0.25, 0.3) is 0 Å². The quantitative estimate of drug-likeness (QED) is 0.691. The van der Waals surface area contributed by atoms with Crippen LogP contribution < -0.4 is 5.32 Å². The number of fused-ring (bicyclic) bond motifs is 1. The maximum atomic E-state index is 11.7. The zero-order valence-corrected chi connectivity index (χ0v) is 11.9. The monoisotopic (exact) mass is 301 g/mol. The molecule has 0 fully saturated rings. The highest BCUT2D eigenvalue weighted by molar-refractivity contribution is 7.90. The number of nitrogens with zero attached hydrogens (tertiary/aromatic N) is 2. The van der Waals surface area contributed by atoms with Crippen LogP contribution in [0.2, 0.25) is 0 Å². The minimum absolute atomic E-state index is 0.137. The number of carbonyl (C=O) groups excluding carboxylic acids is 1. The Bertz CT molecular complexity index is 644. The van der Waals surface area contributed by atoms with Crippen LogP contribution in [0.5, 0.6) is 0 Å². The Labute approximate surface area is 116 Å². The SMILES string of the molecule is COC(=O)C(CO)Nc1nc(C)nc2c1CS(=O)(=O)C2. The van der Waals surface area contributed by atoms with Gasteiger partial charge in [0.1, 0.15) is 17.7 Å². The molecule has 0 bridgehead atoms. The van der Waals surface area contributed by atoms with Crippen molar-refractivity contribution in [2.24, 2.45) is 0 Å². The second kappa shape index (κ2) is 5.33. The Morgan fingerprint density at radius 3 is 2.75 bits per heavy atom. The summed E-state index contributed by atoms with van der Waals surface area (Å²) < 4.78 is 27.9. The Morgan fingerprint density at radius 1 is 1.45 bits per heavy atom. The number of aryl methyl sites for hydroxylation is 1. The van der Waals surface area contributed by atoms with Gasteiger partial charge in [0.25, 0.3) is 0 Å². The first kappa shape index (κ1) is 14.7. The molecular formula is C11H15N3O5S. The molecule has 8 nitrogen and oxygen atoms in total. The molecule has 0 saturated heterocycles. The summed E-state index contributed by atoms with van der Waals surface area (Å²) in [7, 11) is -2.03. The molecule has 0 saturated carbocycles. The average molecular weight is 301 g/mol. The van der Waals surface area contributed by atoms with Gasteiger partial charge in [0.15, 0.2) is 9.84 Å². The average Bonchev–Trinajstić information content (AvgIpc) is 2.68. The van der Waals surface area contributed by atoms with Gasteiger partial charge in [-0.05, 0) is 6.92 Å². The number of ether oxygens (including phenoxy) is 1. The number of hydrogen-bond donors (Lipinski definition) is 2. The summed E-state index contributed by atoms with van der Waals surface area (Å²) in [6.45, 7) is 1.14. The molecule has 1 aromatic heterocycles. The van der Waals surface area contributed by atoms with Crippen LogP contribution in [-0.4, -0.2) is 49.2 Å². The number of nitrogens with one attached hydrogen (secondary N) is 1. The van der Waals surface area contributed by atoms with Crippen LogP contribution in [0.4, 0.5) is 5.82 Å². The van der Waals surface area contributed by atoms with Crippen molar-refractivity contribution in [2.75, 3.05) is 19.0 Å². The second-order valence-electron chi connectivity index (χ2n) is 4.48. The van der Waals surface area contributed by atoms with Crippen molar-refractivity contribution in [3.05, 3.63) is 17.1 Å². The number of aliphatic hydroxyl groups is 1.